The first-order valence-electron chi connectivity index (χ1n) is 7.39. The van der Waals surface area contributed by atoms with Crippen molar-refractivity contribution in [1.82, 2.24) is 4.90 Å². The molecular weight excluding hydrogens is 350 g/mol. The number of nitrogens with zero attached hydrogens (tertiary/aromatic N) is 1. The Kier molecular flexibility index (Phi) is 3.30. The molecule has 4 rings (SSSR count). The zero-order valence-corrected chi connectivity index (χ0v) is 14.0. The van der Waals surface area contributed by atoms with Crippen molar-refractivity contribution in [2.45, 2.75) is 23.8 Å². The molecule has 2 aromatic carbocycles. The van der Waals surface area contributed by atoms with E-state index in [1.807, 2.05) is 0 Å². The summed E-state index contributed by atoms with van der Waals surface area (Å²) in [6, 6.07) is 11.1. The van der Waals surface area contributed by atoms with Gasteiger partial charge in [0.25, 0.3) is 20.9 Å². The second-order valence-corrected chi connectivity index (χ2v) is 8.52. The fraction of sp³-hybridized carbons (Fsp3) is 0.176. The summed E-state index contributed by atoms with van der Waals surface area (Å²) in [4.78, 5) is 26.4. The van der Waals surface area contributed by atoms with Gasteiger partial charge in [-0.15, -0.1) is 0 Å². The van der Waals surface area contributed by atoms with E-state index >= 15 is 0 Å². The summed E-state index contributed by atoms with van der Waals surface area (Å²) >= 11 is 0. The van der Waals surface area contributed by atoms with Gasteiger partial charge in [-0.25, -0.2) is 8.42 Å². The highest BCUT2D eigenvalue weighted by molar-refractivity contribution is 8.13. The van der Waals surface area contributed by atoms with Crippen molar-refractivity contribution in [3.05, 3.63) is 64.7 Å². The van der Waals surface area contributed by atoms with Gasteiger partial charge in [0.2, 0.25) is 0 Å². The topological polar surface area (TPSA) is 71.5 Å². The van der Waals surface area contributed by atoms with Crippen LogP contribution < -0.4 is 0 Å². The largest absolute Gasteiger partial charge is 0.271 e. The highest BCUT2D eigenvalue weighted by Gasteiger charge is 2.41. The van der Waals surface area contributed by atoms with E-state index in [0.717, 1.165) is 11.1 Å². The molecule has 1 heterocycles. The highest BCUT2D eigenvalue weighted by Crippen LogP contribution is 2.33. The third-order valence-electron chi connectivity index (χ3n) is 4.56. The molecule has 2 aliphatic rings. The number of hydrogen-bond donors (Lipinski definition) is 0. The van der Waals surface area contributed by atoms with Crippen molar-refractivity contribution >= 4 is 31.5 Å². The van der Waals surface area contributed by atoms with Crippen LogP contribution in [0.1, 0.15) is 31.8 Å². The van der Waals surface area contributed by atoms with Crippen LogP contribution in [-0.4, -0.2) is 31.2 Å². The Morgan fingerprint density at radius 1 is 0.917 bits per heavy atom. The first-order valence-corrected chi connectivity index (χ1v) is 9.70. The lowest BCUT2D eigenvalue weighted by Crippen LogP contribution is -2.40. The van der Waals surface area contributed by atoms with Gasteiger partial charge in [0.1, 0.15) is 0 Å². The molecule has 5 nitrogen and oxygen atoms in total. The van der Waals surface area contributed by atoms with E-state index in [-0.39, 0.29) is 22.8 Å². The van der Waals surface area contributed by atoms with E-state index in [9.17, 15) is 18.0 Å². The summed E-state index contributed by atoms with van der Waals surface area (Å²) in [6.07, 6.45) is 0.949. The third kappa shape index (κ3) is 2.25. The van der Waals surface area contributed by atoms with Crippen LogP contribution in [0.3, 0.4) is 0 Å². The molecule has 1 atom stereocenters. The van der Waals surface area contributed by atoms with E-state index in [0.29, 0.717) is 24.0 Å². The van der Waals surface area contributed by atoms with Crippen LogP contribution >= 0.6 is 10.7 Å². The predicted octanol–water partition coefficient (Wildman–Crippen LogP) is 2.38. The summed E-state index contributed by atoms with van der Waals surface area (Å²) in [6.45, 7) is 0. The van der Waals surface area contributed by atoms with Gasteiger partial charge in [-0.05, 0) is 48.2 Å². The number of hydrogen-bond acceptors (Lipinski definition) is 4. The zero-order chi connectivity index (χ0) is 17.1. The molecule has 0 N–H and O–H groups in total. The van der Waals surface area contributed by atoms with E-state index < -0.39 is 9.05 Å². The molecule has 1 aliphatic carbocycles. The molecule has 0 saturated carbocycles. The molecule has 2 amide bonds. The van der Waals surface area contributed by atoms with Crippen molar-refractivity contribution in [2.24, 2.45) is 0 Å². The maximum atomic E-state index is 12.6. The number of imide groups is 1. The van der Waals surface area contributed by atoms with Crippen LogP contribution in [0.2, 0.25) is 0 Å². The summed E-state index contributed by atoms with van der Waals surface area (Å²) in [5, 5.41) is 0. The Balaban J connectivity index is 1.67. The van der Waals surface area contributed by atoms with Crippen LogP contribution in [0.5, 0.6) is 0 Å². The first-order chi connectivity index (χ1) is 11.4. The number of rotatable bonds is 2. The average molecular weight is 362 g/mol. The number of benzene rings is 2. The molecule has 0 radical (unpaired) electrons. The fourth-order valence-corrected chi connectivity index (χ4v) is 4.25. The van der Waals surface area contributed by atoms with Crippen molar-refractivity contribution in [1.29, 1.82) is 0 Å². The SMILES string of the molecule is O=C1c2ccccc2C(=O)N1C1Cc2ccc(S(=O)(=O)Cl)cc2C1. The third-order valence-corrected chi connectivity index (χ3v) is 5.91. The van der Waals surface area contributed by atoms with Gasteiger partial charge in [-0.2, -0.15) is 0 Å². The van der Waals surface area contributed by atoms with Crippen LogP contribution in [0.25, 0.3) is 0 Å². The summed E-state index contributed by atoms with van der Waals surface area (Å²) in [5.41, 5.74) is 2.57. The normalized spacial score (nSPS) is 19.5. The van der Waals surface area contributed by atoms with Crippen LogP contribution in [0.4, 0.5) is 0 Å². The van der Waals surface area contributed by atoms with Gasteiger partial charge in [0.15, 0.2) is 0 Å². The number of halogens is 1. The first kappa shape index (κ1) is 15.4. The minimum absolute atomic E-state index is 0.0333. The van der Waals surface area contributed by atoms with Gasteiger partial charge in [0.05, 0.1) is 16.0 Å². The van der Waals surface area contributed by atoms with E-state index in [4.69, 9.17) is 10.7 Å². The fourth-order valence-electron chi connectivity index (χ4n) is 3.45. The van der Waals surface area contributed by atoms with Gasteiger partial charge >= 0.3 is 0 Å². The molecule has 0 spiro atoms. The minimum Gasteiger partial charge on any atom is -0.271 e. The standard InChI is InChI=1S/C17H12ClNO4S/c18-24(22,23)13-6-5-10-7-12(8-11(10)9-13)19-16(20)14-3-1-2-4-15(14)17(19)21/h1-6,9,12H,7-8H2. The zero-order valence-electron chi connectivity index (χ0n) is 12.4. The molecule has 122 valence electrons. The lowest BCUT2D eigenvalue weighted by molar-refractivity contribution is 0.0590. The van der Waals surface area contributed by atoms with Crippen molar-refractivity contribution in [3.63, 3.8) is 0 Å². The molecule has 0 fully saturated rings. The quantitative estimate of drug-likeness (QED) is 0.608. The minimum atomic E-state index is -3.80. The molecule has 0 aromatic heterocycles. The molecule has 24 heavy (non-hydrogen) atoms. The summed E-state index contributed by atoms with van der Waals surface area (Å²) in [5.74, 6) is -0.586. The molecule has 2 aromatic rings. The molecule has 0 bridgehead atoms. The van der Waals surface area contributed by atoms with Crippen molar-refractivity contribution in [2.75, 3.05) is 0 Å². The second kappa shape index (κ2) is 5.16. The Labute approximate surface area is 143 Å². The van der Waals surface area contributed by atoms with Crippen molar-refractivity contribution < 1.29 is 18.0 Å². The van der Waals surface area contributed by atoms with Crippen LogP contribution in [0, 0.1) is 0 Å². The Hall–Kier alpha value is -2.18. The van der Waals surface area contributed by atoms with E-state index in [1.165, 1.54) is 17.0 Å². The number of amides is 2. The average Bonchev–Trinajstić information content (AvgIpc) is 3.06. The Bertz CT molecular complexity index is 964. The molecule has 1 unspecified atom stereocenters. The molecule has 0 saturated heterocycles. The number of carbonyl (C=O) groups is 2. The molecule has 1 aliphatic heterocycles. The van der Waals surface area contributed by atoms with Gasteiger partial charge in [-0.1, -0.05) is 18.2 Å². The maximum absolute atomic E-state index is 12.6. The lowest BCUT2D eigenvalue weighted by Gasteiger charge is -2.21. The predicted molar refractivity (Wildman–Crippen MR) is 87.6 cm³/mol. The van der Waals surface area contributed by atoms with Crippen LogP contribution in [0.15, 0.2) is 47.4 Å². The van der Waals surface area contributed by atoms with Crippen LogP contribution in [-0.2, 0) is 21.9 Å². The van der Waals surface area contributed by atoms with Crippen molar-refractivity contribution in [3.8, 4) is 0 Å². The number of fused-ring (bicyclic) bond motifs is 2. The Morgan fingerprint density at radius 2 is 1.50 bits per heavy atom. The van der Waals surface area contributed by atoms with E-state index in [1.54, 1.807) is 30.3 Å². The summed E-state index contributed by atoms with van der Waals surface area (Å²) in [7, 11) is 1.58. The monoisotopic (exact) mass is 361 g/mol. The van der Waals surface area contributed by atoms with Gasteiger partial charge in [-0.3, -0.25) is 14.5 Å². The Morgan fingerprint density at radius 3 is 2.08 bits per heavy atom. The summed E-state index contributed by atoms with van der Waals surface area (Å²) < 4.78 is 22.9. The molecular formula is C17H12ClNO4S. The van der Waals surface area contributed by atoms with Gasteiger partial charge in [0, 0.05) is 16.7 Å². The lowest BCUT2D eigenvalue weighted by atomic mass is 10.1. The molecule has 7 heteroatoms. The van der Waals surface area contributed by atoms with Gasteiger partial charge < -0.3 is 0 Å². The number of carbonyl (C=O) groups excluding carboxylic acids is 2. The maximum Gasteiger partial charge on any atom is 0.261 e. The second-order valence-electron chi connectivity index (χ2n) is 5.96. The van der Waals surface area contributed by atoms with E-state index in [2.05, 4.69) is 0 Å². The highest BCUT2D eigenvalue weighted by atomic mass is 35.7. The smallest absolute Gasteiger partial charge is 0.261 e.